The molecule has 8 heteroatoms. The molecule has 1 aliphatic rings. The summed E-state index contributed by atoms with van der Waals surface area (Å²) in [4.78, 5) is 49.1. The van der Waals surface area contributed by atoms with Crippen molar-refractivity contribution in [2.75, 3.05) is 18.5 Å². The quantitative estimate of drug-likeness (QED) is 0.534. The van der Waals surface area contributed by atoms with Crippen molar-refractivity contribution in [3.63, 3.8) is 0 Å². The minimum Gasteiger partial charge on any atom is -0.454 e. The average molecular weight is 375 g/mol. The molecule has 4 amide bonds. The van der Waals surface area contributed by atoms with E-state index >= 15 is 0 Å². The number of ether oxygens (including phenoxy) is 1. The standard InChI is InChI=1S/C19H25N3O5/c1-4-5-9-19(3)17(25)22(18(26)21-19)11-16(24)27-12-15(23)20-14-8-6-7-13(2)10-14/h6-8,10H,4-5,9,11-12H2,1-3H3,(H,20,23)(H,21,26)/t19-/m1/s1. The van der Waals surface area contributed by atoms with Crippen LogP contribution < -0.4 is 10.6 Å². The van der Waals surface area contributed by atoms with Crippen LogP contribution in [0, 0.1) is 6.92 Å². The number of nitrogens with one attached hydrogen (secondary N) is 2. The van der Waals surface area contributed by atoms with Gasteiger partial charge in [0.2, 0.25) is 0 Å². The van der Waals surface area contributed by atoms with E-state index in [4.69, 9.17) is 4.74 Å². The lowest BCUT2D eigenvalue weighted by Gasteiger charge is -2.21. The van der Waals surface area contributed by atoms with Crippen LogP contribution in [0.3, 0.4) is 0 Å². The largest absolute Gasteiger partial charge is 0.454 e. The van der Waals surface area contributed by atoms with E-state index in [1.165, 1.54) is 0 Å². The minimum absolute atomic E-state index is 0.456. The van der Waals surface area contributed by atoms with Gasteiger partial charge in [0.15, 0.2) is 6.61 Å². The molecule has 0 unspecified atom stereocenters. The molecule has 1 heterocycles. The van der Waals surface area contributed by atoms with Crippen molar-refractivity contribution >= 4 is 29.5 Å². The van der Waals surface area contributed by atoms with E-state index in [9.17, 15) is 19.2 Å². The number of esters is 1. The fourth-order valence-corrected chi connectivity index (χ4v) is 2.83. The lowest BCUT2D eigenvalue weighted by atomic mass is 9.95. The highest BCUT2D eigenvalue weighted by Crippen LogP contribution is 2.23. The van der Waals surface area contributed by atoms with Gasteiger partial charge in [0.05, 0.1) is 0 Å². The number of carbonyl (C=O) groups is 4. The summed E-state index contributed by atoms with van der Waals surface area (Å²) < 4.78 is 4.89. The van der Waals surface area contributed by atoms with Gasteiger partial charge in [0.1, 0.15) is 12.1 Å². The molecule has 146 valence electrons. The zero-order valence-corrected chi connectivity index (χ0v) is 15.8. The number of nitrogens with zero attached hydrogens (tertiary/aromatic N) is 1. The van der Waals surface area contributed by atoms with Gasteiger partial charge in [0.25, 0.3) is 11.8 Å². The van der Waals surface area contributed by atoms with Gasteiger partial charge in [-0.1, -0.05) is 31.9 Å². The fourth-order valence-electron chi connectivity index (χ4n) is 2.83. The van der Waals surface area contributed by atoms with Crippen molar-refractivity contribution in [1.29, 1.82) is 0 Å². The van der Waals surface area contributed by atoms with Crippen LogP contribution in [0.25, 0.3) is 0 Å². The number of hydrogen-bond donors (Lipinski definition) is 2. The molecule has 1 atom stereocenters. The molecule has 0 spiro atoms. The van der Waals surface area contributed by atoms with Gasteiger partial charge in [-0.3, -0.25) is 19.3 Å². The van der Waals surface area contributed by atoms with Gasteiger partial charge in [0, 0.05) is 5.69 Å². The number of hydrogen-bond acceptors (Lipinski definition) is 5. The first-order valence-corrected chi connectivity index (χ1v) is 8.91. The lowest BCUT2D eigenvalue weighted by molar-refractivity contribution is -0.150. The zero-order valence-electron chi connectivity index (χ0n) is 15.8. The third-order valence-electron chi connectivity index (χ3n) is 4.33. The van der Waals surface area contributed by atoms with Crippen LogP contribution in [-0.2, 0) is 19.1 Å². The van der Waals surface area contributed by atoms with Gasteiger partial charge >= 0.3 is 12.0 Å². The van der Waals surface area contributed by atoms with Crippen molar-refractivity contribution in [2.24, 2.45) is 0 Å². The molecule has 0 saturated carbocycles. The molecule has 27 heavy (non-hydrogen) atoms. The molecule has 1 saturated heterocycles. The maximum atomic E-state index is 12.4. The third-order valence-corrected chi connectivity index (χ3v) is 4.33. The first-order valence-electron chi connectivity index (χ1n) is 8.91. The molecule has 0 bridgehead atoms. The molecule has 0 radical (unpaired) electrons. The van der Waals surface area contributed by atoms with Crippen LogP contribution in [0.1, 0.15) is 38.7 Å². The maximum absolute atomic E-state index is 12.4. The second-order valence-corrected chi connectivity index (χ2v) is 6.84. The Morgan fingerprint density at radius 3 is 2.70 bits per heavy atom. The topological polar surface area (TPSA) is 105 Å². The van der Waals surface area contributed by atoms with Crippen LogP contribution in [0.2, 0.25) is 0 Å². The molecule has 2 rings (SSSR count). The Balaban J connectivity index is 1.84. The number of urea groups is 1. The SMILES string of the molecule is CCCC[C@@]1(C)NC(=O)N(CC(=O)OCC(=O)Nc2cccc(C)c2)C1=O. The van der Waals surface area contributed by atoms with Crippen LogP contribution in [0.5, 0.6) is 0 Å². The molecular weight excluding hydrogens is 350 g/mol. The highest BCUT2D eigenvalue weighted by molar-refractivity contribution is 6.08. The Morgan fingerprint density at radius 1 is 1.30 bits per heavy atom. The summed E-state index contributed by atoms with van der Waals surface area (Å²) in [7, 11) is 0. The normalized spacial score (nSPS) is 19.0. The predicted octanol–water partition coefficient (Wildman–Crippen LogP) is 1.98. The summed E-state index contributed by atoms with van der Waals surface area (Å²) in [5, 5.41) is 5.23. The van der Waals surface area contributed by atoms with Gasteiger partial charge in [-0.25, -0.2) is 4.79 Å². The molecule has 8 nitrogen and oxygen atoms in total. The summed E-state index contributed by atoms with van der Waals surface area (Å²) in [5.41, 5.74) is 0.571. The number of carbonyl (C=O) groups excluding carboxylic acids is 4. The van der Waals surface area contributed by atoms with Crippen molar-refractivity contribution in [3.05, 3.63) is 29.8 Å². The van der Waals surface area contributed by atoms with Crippen molar-refractivity contribution in [3.8, 4) is 0 Å². The molecule has 0 aliphatic carbocycles. The molecule has 0 aromatic heterocycles. The van der Waals surface area contributed by atoms with Crippen LogP contribution >= 0.6 is 0 Å². The van der Waals surface area contributed by atoms with E-state index in [0.717, 1.165) is 23.3 Å². The average Bonchev–Trinajstić information content (AvgIpc) is 2.82. The first-order chi connectivity index (χ1) is 12.7. The Labute approximate surface area is 158 Å². The van der Waals surface area contributed by atoms with Crippen molar-refractivity contribution in [2.45, 2.75) is 45.6 Å². The number of imide groups is 1. The molecule has 1 aliphatic heterocycles. The van der Waals surface area contributed by atoms with Gasteiger partial charge in [-0.15, -0.1) is 0 Å². The Hall–Kier alpha value is -2.90. The summed E-state index contributed by atoms with van der Waals surface area (Å²) >= 11 is 0. The number of benzene rings is 1. The lowest BCUT2D eigenvalue weighted by Crippen LogP contribution is -2.44. The summed E-state index contributed by atoms with van der Waals surface area (Å²) in [6.45, 7) is 4.50. The van der Waals surface area contributed by atoms with E-state index in [1.54, 1.807) is 25.1 Å². The molecule has 2 N–H and O–H groups in total. The van der Waals surface area contributed by atoms with E-state index < -0.39 is 42.5 Å². The number of rotatable bonds is 8. The zero-order chi connectivity index (χ0) is 20.0. The maximum Gasteiger partial charge on any atom is 0.326 e. The van der Waals surface area contributed by atoms with Crippen molar-refractivity contribution < 1.29 is 23.9 Å². The number of amides is 4. The first kappa shape index (κ1) is 20.4. The van der Waals surface area contributed by atoms with Gasteiger partial charge in [-0.05, 0) is 38.0 Å². The summed E-state index contributed by atoms with van der Waals surface area (Å²) in [6, 6.07) is 6.56. The second-order valence-electron chi connectivity index (χ2n) is 6.84. The monoisotopic (exact) mass is 375 g/mol. The van der Waals surface area contributed by atoms with E-state index in [2.05, 4.69) is 10.6 Å². The number of anilines is 1. The highest BCUT2D eigenvalue weighted by Gasteiger charge is 2.47. The predicted molar refractivity (Wildman–Crippen MR) is 98.9 cm³/mol. The van der Waals surface area contributed by atoms with E-state index in [-0.39, 0.29) is 0 Å². The highest BCUT2D eigenvalue weighted by atomic mass is 16.5. The van der Waals surface area contributed by atoms with Gasteiger partial charge in [-0.2, -0.15) is 0 Å². The second kappa shape index (κ2) is 8.66. The van der Waals surface area contributed by atoms with Gasteiger partial charge < -0.3 is 15.4 Å². The Morgan fingerprint density at radius 2 is 2.04 bits per heavy atom. The van der Waals surface area contributed by atoms with E-state index in [1.807, 2.05) is 19.9 Å². The van der Waals surface area contributed by atoms with Crippen molar-refractivity contribution in [1.82, 2.24) is 10.2 Å². The molecule has 1 aromatic carbocycles. The fraction of sp³-hybridized carbons (Fsp3) is 0.474. The molecular formula is C19H25N3O5. The molecule has 1 aromatic rings. The smallest absolute Gasteiger partial charge is 0.326 e. The Kier molecular flexibility index (Phi) is 6.55. The summed E-state index contributed by atoms with van der Waals surface area (Å²) in [6.07, 6.45) is 2.16. The summed E-state index contributed by atoms with van der Waals surface area (Å²) in [5.74, 6) is -1.78. The van der Waals surface area contributed by atoms with Crippen LogP contribution in [0.15, 0.2) is 24.3 Å². The van der Waals surface area contributed by atoms with E-state index in [0.29, 0.717) is 12.1 Å². The number of unbranched alkanes of at least 4 members (excludes halogenated alkanes) is 1. The minimum atomic E-state index is -1.00. The van der Waals surface area contributed by atoms with Crippen LogP contribution in [-0.4, -0.2) is 47.4 Å². The number of aryl methyl sites for hydroxylation is 1. The Bertz CT molecular complexity index is 749. The molecule has 1 fully saturated rings. The third kappa shape index (κ3) is 5.29. The van der Waals surface area contributed by atoms with Crippen LogP contribution in [0.4, 0.5) is 10.5 Å².